The van der Waals surface area contributed by atoms with Gasteiger partial charge in [0.25, 0.3) is 5.22 Å². The van der Waals surface area contributed by atoms with E-state index in [2.05, 4.69) is 20.9 Å². The minimum atomic E-state index is 0.00408. The van der Waals surface area contributed by atoms with Crippen molar-refractivity contribution in [3.8, 4) is 0 Å². The number of ketones is 1. The first-order valence-electron chi connectivity index (χ1n) is 4.29. The highest BCUT2D eigenvalue weighted by Gasteiger charge is 2.13. The fourth-order valence-corrected chi connectivity index (χ4v) is 1.97. The lowest BCUT2D eigenvalue weighted by atomic mass is 10.1. The molecule has 0 aliphatic carbocycles. The third kappa shape index (κ3) is 1.94. The molecule has 78 valence electrons. The van der Waals surface area contributed by atoms with E-state index >= 15 is 0 Å². The van der Waals surface area contributed by atoms with Gasteiger partial charge in [-0.1, -0.05) is 33.8 Å². The SMILES string of the molecule is CSc1nc2cccc(C(=O)CBr)c2o1. The van der Waals surface area contributed by atoms with E-state index < -0.39 is 0 Å². The van der Waals surface area contributed by atoms with Crippen LogP contribution < -0.4 is 0 Å². The molecule has 0 unspecified atom stereocenters. The van der Waals surface area contributed by atoms with Gasteiger partial charge in [0, 0.05) is 0 Å². The number of alkyl halides is 1. The zero-order valence-electron chi connectivity index (χ0n) is 7.99. The van der Waals surface area contributed by atoms with E-state index in [1.165, 1.54) is 11.8 Å². The first-order chi connectivity index (χ1) is 7.26. The summed E-state index contributed by atoms with van der Waals surface area (Å²) < 4.78 is 5.48. The number of fused-ring (bicyclic) bond motifs is 1. The van der Waals surface area contributed by atoms with E-state index in [-0.39, 0.29) is 5.78 Å². The minimum absolute atomic E-state index is 0.00408. The number of benzene rings is 1. The molecule has 0 saturated carbocycles. The summed E-state index contributed by atoms with van der Waals surface area (Å²) in [6, 6.07) is 5.40. The highest BCUT2D eigenvalue weighted by molar-refractivity contribution is 9.09. The fraction of sp³-hybridized carbons (Fsp3) is 0.200. The monoisotopic (exact) mass is 285 g/mol. The molecule has 0 aliphatic heterocycles. The molecule has 3 nitrogen and oxygen atoms in total. The van der Waals surface area contributed by atoms with Gasteiger partial charge in [-0.3, -0.25) is 4.79 Å². The van der Waals surface area contributed by atoms with Crippen molar-refractivity contribution < 1.29 is 9.21 Å². The highest BCUT2D eigenvalue weighted by Crippen LogP contribution is 2.25. The molecule has 15 heavy (non-hydrogen) atoms. The van der Waals surface area contributed by atoms with Gasteiger partial charge in [0.05, 0.1) is 10.9 Å². The van der Waals surface area contributed by atoms with Gasteiger partial charge < -0.3 is 4.42 Å². The maximum atomic E-state index is 11.6. The lowest BCUT2D eigenvalue weighted by Crippen LogP contribution is -1.99. The van der Waals surface area contributed by atoms with Gasteiger partial charge in [0.1, 0.15) is 5.52 Å². The molecule has 0 radical (unpaired) electrons. The zero-order chi connectivity index (χ0) is 10.8. The standard InChI is InChI=1S/C10H8BrNO2S/c1-15-10-12-7-4-2-3-6(8(13)5-11)9(7)14-10/h2-4H,5H2,1H3. The van der Waals surface area contributed by atoms with Crippen molar-refractivity contribution in [1.82, 2.24) is 4.98 Å². The Morgan fingerprint density at radius 2 is 2.40 bits per heavy atom. The molecular formula is C10H8BrNO2S. The number of nitrogens with zero attached hydrogens (tertiary/aromatic N) is 1. The molecule has 5 heteroatoms. The number of hydrogen-bond acceptors (Lipinski definition) is 4. The Balaban J connectivity index is 2.64. The fourth-order valence-electron chi connectivity index (χ4n) is 1.31. The Labute approximate surface area is 99.4 Å². The van der Waals surface area contributed by atoms with Crippen molar-refractivity contribution in [3.05, 3.63) is 23.8 Å². The number of hydrogen-bond donors (Lipinski definition) is 0. The second-order valence-electron chi connectivity index (χ2n) is 2.89. The number of para-hydroxylation sites is 1. The second kappa shape index (κ2) is 4.37. The molecule has 2 rings (SSSR count). The van der Waals surface area contributed by atoms with Gasteiger partial charge in [0.15, 0.2) is 11.4 Å². The van der Waals surface area contributed by atoms with E-state index in [4.69, 9.17) is 4.42 Å². The van der Waals surface area contributed by atoms with Gasteiger partial charge in [-0.25, -0.2) is 4.98 Å². The zero-order valence-corrected chi connectivity index (χ0v) is 10.4. The number of aromatic nitrogens is 1. The van der Waals surface area contributed by atoms with E-state index in [1.54, 1.807) is 6.07 Å². The van der Waals surface area contributed by atoms with Crippen LogP contribution in [-0.2, 0) is 0 Å². The molecular weight excluding hydrogens is 278 g/mol. The summed E-state index contributed by atoms with van der Waals surface area (Å²) >= 11 is 4.57. The first kappa shape index (κ1) is 10.7. The van der Waals surface area contributed by atoms with Gasteiger partial charge in [-0.2, -0.15) is 0 Å². The van der Waals surface area contributed by atoms with Gasteiger partial charge >= 0.3 is 0 Å². The Morgan fingerprint density at radius 1 is 1.60 bits per heavy atom. The van der Waals surface area contributed by atoms with Crippen molar-refractivity contribution in [1.29, 1.82) is 0 Å². The third-order valence-corrected chi connectivity index (χ3v) is 3.02. The van der Waals surface area contributed by atoms with Crippen LogP contribution in [0.1, 0.15) is 10.4 Å². The molecule has 2 aromatic rings. The number of oxazole rings is 1. The van der Waals surface area contributed by atoms with Gasteiger partial charge in [-0.15, -0.1) is 0 Å². The van der Waals surface area contributed by atoms with Crippen LogP contribution in [0.5, 0.6) is 0 Å². The smallest absolute Gasteiger partial charge is 0.256 e. The summed E-state index contributed by atoms with van der Waals surface area (Å²) in [5.74, 6) is 0.00408. The molecule has 0 fully saturated rings. The summed E-state index contributed by atoms with van der Waals surface area (Å²) in [5, 5.41) is 0.876. The molecule has 0 N–H and O–H groups in total. The summed E-state index contributed by atoms with van der Waals surface area (Å²) in [6.07, 6.45) is 1.89. The maximum absolute atomic E-state index is 11.6. The molecule has 1 aromatic carbocycles. The number of carbonyl (C=O) groups is 1. The van der Waals surface area contributed by atoms with Crippen LogP contribution in [0, 0.1) is 0 Å². The predicted molar refractivity (Wildman–Crippen MR) is 63.9 cm³/mol. The van der Waals surface area contributed by atoms with Gasteiger partial charge in [-0.05, 0) is 18.4 Å². The lowest BCUT2D eigenvalue weighted by molar-refractivity contribution is 0.102. The highest BCUT2D eigenvalue weighted by atomic mass is 79.9. The van der Waals surface area contributed by atoms with Crippen LogP contribution in [0.2, 0.25) is 0 Å². The third-order valence-electron chi connectivity index (χ3n) is 1.99. The summed E-state index contributed by atoms with van der Waals surface area (Å²) in [6.45, 7) is 0. The number of carbonyl (C=O) groups excluding carboxylic acids is 1. The second-order valence-corrected chi connectivity index (χ2v) is 4.21. The van der Waals surface area contributed by atoms with Gasteiger partial charge in [0.2, 0.25) is 0 Å². The summed E-state index contributed by atoms with van der Waals surface area (Å²) in [7, 11) is 0. The van der Waals surface area contributed by atoms with Crippen molar-refractivity contribution in [2.75, 3.05) is 11.6 Å². The number of halogens is 1. The molecule has 0 amide bonds. The van der Waals surface area contributed by atoms with Crippen LogP contribution in [0.25, 0.3) is 11.1 Å². The van der Waals surface area contributed by atoms with E-state index in [0.29, 0.717) is 21.7 Å². The minimum Gasteiger partial charge on any atom is -0.431 e. The molecule has 0 spiro atoms. The molecule has 1 heterocycles. The van der Waals surface area contributed by atoms with Crippen LogP contribution in [0.4, 0.5) is 0 Å². The number of rotatable bonds is 3. The molecule has 0 bridgehead atoms. The lowest BCUT2D eigenvalue weighted by Gasteiger charge is -1.96. The predicted octanol–water partition coefficient (Wildman–Crippen LogP) is 3.13. The largest absolute Gasteiger partial charge is 0.431 e. The van der Waals surface area contributed by atoms with Crippen molar-refractivity contribution >= 4 is 44.6 Å². The topological polar surface area (TPSA) is 43.1 Å². The van der Waals surface area contributed by atoms with Crippen LogP contribution in [-0.4, -0.2) is 22.4 Å². The summed E-state index contributed by atoms with van der Waals surface area (Å²) in [4.78, 5) is 15.8. The summed E-state index contributed by atoms with van der Waals surface area (Å²) in [5.41, 5.74) is 1.88. The quantitative estimate of drug-likeness (QED) is 0.494. The molecule has 0 saturated heterocycles. The normalized spacial score (nSPS) is 10.8. The van der Waals surface area contributed by atoms with E-state index in [1.807, 2.05) is 18.4 Å². The molecule has 1 aromatic heterocycles. The van der Waals surface area contributed by atoms with Crippen molar-refractivity contribution in [3.63, 3.8) is 0 Å². The number of Topliss-reactive ketones (excluding diaryl/α,β-unsaturated/α-hetero) is 1. The molecule has 0 atom stereocenters. The Kier molecular flexibility index (Phi) is 3.11. The van der Waals surface area contributed by atoms with Crippen LogP contribution in [0.15, 0.2) is 27.8 Å². The van der Waals surface area contributed by atoms with Crippen LogP contribution in [0.3, 0.4) is 0 Å². The van der Waals surface area contributed by atoms with Crippen molar-refractivity contribution in [2.24, 2.45) is 0 Å². The number of thioether (sulfide) groups is 1. The Hall–Kier alpha value is -0.810. The average Bonchev–Trinajstić information content (AvgIpc) is 2.70. The molecule has 0 aliphatic rings. The van der Waals surface area contributed by atoms with Crippen LogP contribution >= 0.6 is 27.7 Å². The first-order valence-corrected chi connectivity index (χ1v) is 6.63. The Bertz CT molecular complexity index is 509. The van der Waals surface area contributed by atoms with Crippen molar-refractivity contribution in [2.45, 2.75) is 5.22 Å². The Morgan fingerprint density at radius 3 is 3.07 bits per heavy atom. The maximum Gasteiger partial charge on any atom is 0.256 e. The average molecular weight is 286 g/mol. The van der Waals surface area contributed by atoms with E-state index in [0.717, 1.165) is 5.52 Å². The van der Waals surface area contributed by atoms with E-state index in [9.17, 15) is 4.79 Å².